The van der Waals surface area contributed by atoms with Crippen LogP contribution in [0, 0.1) is 5.92 Å². The zero-order valence-corrected chi connectivity index (χ0v) is 17.2. The second-order valence-electron chi connectivity index (χ2n) is 8.58. The molecule has 4 heteroatoms. The summed E-state index contributed by atoms with van der Waals surface area (Å²) in [5, 5.41) is 0. The fourth-order valence-electron chi connectivity index (χ4n) is 4.40. The van der Waals surface area contributed by atoms with Crippen molar-refractivity contribution in [2.45, 2.75) is 77.1 Å². The van der Waals surface area contributed by atoms with Gasteiger partial charge in [0.15, 0.2) is 0 Å². The summed E-state index contributed by atoms with van der Waals surface area (Å²) < 4.78 is 18.0. The van der Waals surface area contributed by atoms with E-state index in [9.17, 15) is 4.79 Å². The minimum Gasteiger partial charge on any atom is -0.497 e. The predicted octanol–water partition coefficient (Wildman–Crippen LogP) is 5.31. The first-order valence-corrected chi connectivity index (χ1v) is 10.0. The predicted molar refractivity (Wildman–Crippen MR) is 106 cm³/mol. The molecule has 0 spiro atoms. The van der Waals surface area contributed by atoms with Crippen LogP contribution in [0.1, 0.15) is 70.2 Å². The quantitative estimate of drug-likeness (QED) is 0.530. The zero-order valence-electron chi connectivity index (χ0n) is 17.2. The van der Waals surface area contributed by atoms with Crippen molar-refractivity contribution in [2.24, 2.45) is 5.92 Å². The smallest absolute Gasteiger partial charge is 0.338 e. The van der Waals surface area contributed by atoms with Crippen molar-refractivity contribution < 1.29 is 19.0 Å². The molecule has 3 atom stereocenters. The fourth-order valence-corrected chi connectivity index (χ4v) is 4.40. The maximum atomic E-state index is 12.9. The van der Waals surface area contributed by atoms with Gasteiger partial charge in [0, 0.05) is 0 Å². The third kappa shape index (κ3) is 4.06. The average molecular weight is 373 g/mol. The molecule has 2 aliphatic rings. The molecule has 27 heavy (non-hydrogen) atoms. The molecule has 1 fully saturated rings. The highest BCUT2D eigenvalue weighted by Crippen LogP contribution is 2.48. The summed E-state index contributed by atoms with van der Waals surface area (Å²) in [5.41, 5.74) is 1.19. The first-order valence-electron chi connectivity index (χ1n) is 10.0. The van der Waals surface area contributed by atoms with Crippen LogP contribution in [0.5, 0.6) is 5.75 Å². The molecule has 0 saturated carbocycles. The van der Waals surface area contributed by atoms with Crippen molar-refractivity contribution in [3.8, 4) is 5.75 Å². The Bertz CT molecular complexity index is 706. The van der Waals surface area contributed by atoms with Crippen LogP contribution in [0.3, 0.4) is 0 Å². The van der Waals surface area contributed by atoms with E-state index < -0.39 is 5.60 Å². The van der Waals surface area contributed by atoms with E-state index in [2.05, 4.69) is 33.8 Å². The van der Waals surface area contributed by atoms with Gasteiger partial charge >= 0.3 is 5.97 Å². The second kappa shape index (κ2) is 7.67. The van der Waals surface area contributed by atoms with Crippen LogP contribution in [0.4, 0.5) is 0 Å². The topological polar surface area (TPSA) is 44.8 Å². The van der Waals surface area contributed by atoms with Gasteiger partial charge in [-0.2, -0.15) is 0 Å². The van der Waals surface area contributed by atoms with Crippen LogP contribution in [0.2, 0.25) is 0 Å². The van der Waals surface area contributed by atoms with Gasteiger partial charge < -0.3 is 14.2 Å². The lowest BCUT2D eigenvalue weighted by molar-refractivity contribution is -0.163. The van der Waals surface area contributed by atoms with Crippen molar-refractivity contribution in [3.63, 3.8) is 0 Å². The summed E-state index contributed by atoms with van der Waals surface area (Å²) >= 11 is 0. The van der Waals surface area contributed by atoms with Crippen LogP contribution in [0.25, 0.3) is 0 Å². The summed E-state index contributed by atoms with van der Waals surface area (Å²) in [6, 6.07) is 7.05. The lowest BCUT2D eigenvalue weighted by Crippen LogP contribution is -2.49. The minimum absolute atomic E-state index is 0.131. The van der Waals surface area contributed by atoms with Crippen LogP contribution in [-0.2, 0) is 9.47 Å². The van der Waals surface area contributed by atoms with Crippen LogP contribution >= 0.6 is 0 Å². The molecule has 3 rings (SSSR count). The number of hydrogen-bond donors (Lipinski definition) is 0. The standard InChI is InChI=1S/C23H32O4/c1-16(2)23-14-13-22(4,27-23)12-6-7-17(3)15-20(23)26-21(24)18-8-10-19(25-5)11-9-18/h8-11,15-16,20H,6-7,12-14H2,1-5H3/b17-15-. The Morgan fingerprint density at radius 1 is 1.19 bits per heavy atom. The molecule has 0 N–H and O–H groups in total. The van der Waals surface area contributed by atoms with E-state index >= 15 is 0 Å². The van der Waals surface area contributed by atoms with Gasteiger partial charge in [-0.25, -0.2) is 4.79 Å². The van der Waals surface area contributed by atoms with E-state index in [1.165, 1.54) is 5.57 Å². The van der Waals surface area contributed by atoms with Crippen molar-refractivity contribution in [1.29, 1.82) is 0 Å². The lowest BCUT2D eigenvalue weighted by atomic mass is 9.80. The molecule has 3 unspecified atom stereocenters. The summed E-state index contributed by atoms with van der Waals surface area (Å²) in [7, 11) is 1.61. The summed E-state index contributed by atoms with van der Waals surface area (Å²) in [5.74, 6) is 0.650. The number of ether oxygens (including phenoxy) is 3. The highest BCUT2D eigenvalue weighted by molar-refractivity contribution is 5.89. The number of fused-ring (bicyclic) bond motifs is 2. The number of carbonyl (C=O) groups is 1. The van der Waals surface area contributed by atoms with Gasteiger partial charge in [0.25, 0.3) is 0 Å². The normalized spacial score (nSPS) is 32.8. The largest absolute Gasteiger partial charge is 0.497 e. The fraction of sp³-hybridized carbons (Fsp3) is 0.609. The van der Waals surface area contributed by atoms with E-state index in [4.69, 9.17) is 14.2 Å². The third-order valence-corrected chi connectivity index (χ3v) is 6.21. The monoisotopic (exact) mass is 372 g/mol. The van der Waals surface area contributed by atoms with Gasteiger partial charge in [-0.3, -0.25) is 0 Å². The molecule has 0 aliphatic carbocycles. The third-order valence-electron chi connectivity index (χ3n) is 6.21. The molecule has 0 amide bonds. The number of methoxy groups -OCH3 is 1. The van der Waals surface area contributed by atoms with Crippen LogP contribution < -0.4 is 4.74 Å². The summed E-state index contributed by atoms with van der Waals surface area (Å²) in [6.45, 7) is 8.67. The molecule has 148 valence electrons. The second-order valence-corrected chi connectivity index (χ2v) is 8.58. The first kappa shape index (κ1) is 19.9. The number of rotatable bonds is 4. The van der Waals surface area contributed by atoms with Gasteiger partial charge in [-0.1, -0.05) is 19.4 Å². The summed E-state index contributed by atoms with van der Waals surface area (Å²) in [4.78, 5) is 12.9. The Balaban J connectivity index is 1.91. The van der Waals surface area contributed by atoms with E-state index in [0.29, 0.717) is 5.56 Å². The van der Waals surface area contributed by atoms with Gasteiger partial charge in [0.2, 0.25) is 0 Å². The number of carbonyl (C=O) groups excluding carboxylic acids is 1. The average Bonchev–Trinajstić information content (AvgIpc) is 3.01. The molecule has 1 saturated heterocycles. The molecule has 4 nitrogen and oxygen atoms in total. The van der Waals surface area contributed by atoms with E-state index in [0.717, 1.165) is 37.9 Å². The highest BCUT2D eigenvalue weighted by Gasteiger charge is 2.54. The van der Waals surface area contributed by atoms with Gasteiger partial charge in [-0.15, -0.1) is 0 Å². The van der Waals surface area contributed by atoms with Gasteiger partial charge in [-0.05, 0) is 82.2 Å². The van der Waals surface area contributed by atoms with Crippen molar-refractivity contribution >= 4 is 5.97 Å². The van der Waals surface area contributed by atoms with Crippen molar-refractivity contribution in [2.75, 3.05) is 7.11 Å². The zero-order chi connectivity index (χ0) is 19.7. The van der Waals surface area contributed by atoms with Crippen molar-refractivity contribution in [1.82, 2.24) is 0 Å². The molecule has 0 aromatic heterocycles. The Hall–Kier alpha value is -1.81. The Morgan fingerprint density at radius 3 is 2.52 bits per heavy atom. The minimum atomic E-state index is -0.470. The number of esters is 1. The maximum absolute atomic E-state index is 12.9. The Morgan fingerprint density at radius 2 is 1.89 bits per heavy atom. The molecule has 2 bridgehead atoms. The molecular formula is C23H32O4. The Kier molecular flexibility index (Phi) is 5.66. The summed E-state index contributed by atoms with van der Waals surface area (Å²) in [6.07, 6.45) is 6.83. The van der Waals surface area contributed by atoms with E-state index in [-0.39, 0.29) is 23.6 Å². The SMILES string of the molecule is COc1ccc(C(=O)OC2/C=C(/C)CCCC3(C)CCC2(C(C)C)O3)cc1. The van der Waals surface area contributed by atoms with Crippen molar-refractivity contribution in [3.05, 3.63) is 41.5 Å². The first-order chi connectivity index (χ1) is 12.8. The highest BCUT2D eigenvalue weighted by atomic mass is 16.6. The molecule has 2 heterocycles. The number of allylic oxidation sites excluding steroid dienone is 1. The van der Waals surface area contributed by atoms with Gasteiger partial charge in [0.05, 0.1) is 18.3 Å². The number of hydrogen-bond acceptors (Lipinski definition) is 4. The maximum Gasteiger partial charge on any atom is 0.338 e. The molecule has 0 radical (unpaired) electrons. The molecular weight excluding hydrogens is 340 g/mol. The van der Waals surface area contributed by atoms with Crippen LogP contribution in [0.15, 0.2) is 35.9 Å². The molecule has 1 aromatic rings. The van der Waals surface area contributed by atoms with E-state index in [1.54, 1.807) is 31.4 Å². The van der Waals surface area contributed by atoms with E-state index in [1.807, 2.05) is 0 Å². The lowest BCUT2D eigenvalue weighted by Gasteiger charge is -2.40. The number of benzene rings is 1. The molecule has 2 aliphatic heterocycles. The molecule has 1 aromatic carbocycles. The van der Waals surface area contributed by atoms with Gasteiger partial charge in [0.1, 0.15) is 17.5 Å². The Labute approximate surface area is 162 Å². The van der Waals surface area contributed by atoms with Crippen LogP contribution in [-0.4, -0.2) is 30.4 Å².